The molecular formula is C64H124N2O5. The zero-order valence-corrected chi connectivity index (χ0v) is 49.0. The molecule has 3 atom stereocenters. The van der Waals surface area contributed by atoms with Crippen LogP contribution in [0.2, 0.25) is 0 Å². The Balaban J connectivity index is 5.30. The van der Waals surface area contributed by atoms with Crippen molar-refractivity contribution in [2.24, 2.45) is 11.8 Å². The third kappa shape index (κ3) is 47.6. The Morgan fingerprint density at radius 3 is 1.24 bits per heavy atom. The van der Waals surface area contributed by atoms with Crippen molar-refractivity contribution in [2.45, 2.75) is 330 Å². The zero-order chi connectivity index (χ0) is 52.1. The standard InChI is InChI=1S/C64H124N2O5/c1-8-13-18-23-26-27-31-40-50-61(51-41-33-34-43-54-64(69)71-58-60(47-37-22-17-12-5)49-39-30-25-20-15-10-3)66(62(67)52-45-55-65(6)7)56-44-35-28-32-42-53-63(68)70-57-59(46-36-21-16-11-4)48-38-29-24-19-14-9-2/h43,54,59-61H,8-42,44-53,55-58H2,1-7H3. The number of nitrogens with zero attached hydrogens (tertiary/aromatic N) is 2. The Morgan fingerprint density at radius 2 is 0.775 bits per heavy atom. The fraction of sp³-hybridized carbons (Fsp3) is 0.922. The number of esters is 2. The molecule has 0 heterocycles. The number of carbonyl (C=O) groups excluding carboxylic acids is 3. The van der Waals surface area contributed by atoms with Gasteiger partial charge in [-0.05, 0) is 103 Å². The Morgan fingerprint density at radius 1 is 0.394 bits per heavy atom. The van der Waals surface area contributed by atoms with Crippen molar-refractivity contribution in [2.75, 3.05) is 40.4 Å². The molecule has 0 saturated carbocycles. The van der Waals surface area contributed by atoms with E-state index in [-0.39, 0.29) is 18.0 Å². The summed E-state index contributed by atoms with van der Waals surface area (Å²) < 4.78 is 11.7. The third-order valence-corrected chi connectivity index (χ3v) is 15.1. The average molecular weight is 1000 g/mol. The molecule has 0 aromatic heterocycles. The number of ether oxygens (including phenoxy) is 2. The minimum Gasteiger partial charge on any atom is -0.465 e. The van der Waals surface area contributed by atoms with Crippen LogP contribution >= 0.6 is 0 Å². The number of carbonyl (C=O) groups is 3. The summed E-state index contributed by atoms with van der Waals surface area (Å²) in [6.45, 7) is 14.3. The number of unbranched alkanes of at least 4 members (excludes halogenated alkanes) is 29. The number of rotatable bonds is 56. The van der Waals surface area contributed by atoms with Gasteiger partial charge in [0.1, 0.15) is 0 Å². The van der Waals surface area contributed by atoms with E-state index in [1.165, 1.54) is 205 Å². The molecule has 420 valence electrons. The van der Waals surface area contributed by atoms with Gasteiger partial charge >= 0.3 is 11.9 Å². The third-order valence-electron chi connectivity index (χ3n) is 15.1. The van der Waals surface area contributed by atoms with Gasteiger partial charge in [0.25, 0.3) is 0 Å². The molecule has 0 aromatic rings. The van der Waals surface area contributed by atoms with Crippen LogP contribution in [-0.4, -0.2) is 74.1 Å². The van der Waals surface area contributed by atoms with Crippen LogP contribution in [0.25, 0.3) is 0 Å². The minimum absolute atomic E-state index is 0.0176. The molecule has 0 spiro atoms. The summed E-state index contributed by atoms with van der Waals surface area (Å²) in [6, 6.07) is 0.267. The van der Waals surface area contributed by atoms with Crippen LogP contribution in [-0.2, 0) is 23.9 Å². The summed E-state index contributed by atoms with van der Waals surface area (Å²) in [6.07, 6.45) is 56.7. The first-order valence-corrected chi connectivity index (χ1v) is 31.6. The van der Waals surface area contributed by atoms with Crippen LogP contribution in [0.5, 0.6) is 0 Å². The molecule has 0 fully saturated rings. The van der Waals surface area contributed by atoms with Gasteiger partial charge in [-0.3, -0.25) is 9.59 Å². The number of hydrogen-bond donors (Lipinski definition) is 0. The first-order chi connectivity index (χ1) is 34.7. The van der Waals surface area contributed by atoms with Crippen molar-refractivity contribution in [3.05, 3.63) is 12.2 Å². The first kappa shape index (κ1) is 69.1. The number of hydrogen-bond acceptors (Lipinski definition) is 6. The summed E-state index contributed by atoms with van der Waals surface area (Å²) in [5.74, 6) is 1.10. The van der Waals surface area contributed by atoms with Crippen LogP contribution in [0.1, 0.15) is 324 Å². The fourth-order valence-corrected chi connectivity index (χ4v) is 10.4. The van der Waals surface area contributed by atoms with E-state index in [1.54, 1.807) is 6.08 Å². The summed E-state index contributed by atoms with van der Waals surface area (Å²) >= 11 is 0. The predicted molar refractivity (Wildman–Crippen MR) is 308 cm³/mol. The van der Waals surface area contributed by atoms with Crippen molar-refractivity contribution >= 4 is 17.8 Å². The van der Waals surface area contributed by atoms with Gasteiger partial charge in [-0.1, -0.05) is 246 Å². The largest absolute Gasteiger partial charge is 0.465 e. The van der Waals surface area contributed by atoms with E-state index in [2.05, 4.69) is 58.5 Å². The number of allylic oxidation sites excluding steroid dienone is 1. The van der Waals surface area contributed by atoms with E-state index >= 15 is 0 Å². The average Bonchev–Trinajstić information content (AvgIpc) is 3.36. The van der Waals surface area contributed by atoms with E-state index in [4.69, 9.17) is 9.47 Å². The second kappa shape index (κ2) is 54.4. The van der Waals surface area contributed by atoms with Crippen molar-refractivity contribution in [1.82, 2.24) is 9.80 Å². The molecule has 0 aliphatic rings. The molecule has 0 aromatic carbocycles. The minimum atomic E-state index is -0.191. The molecule has 7 heteroatoms. The number of amides is 1. The monoisotopic (exact) mass is 1000 g/mol. The normalized spacial score (nSPS) is 13.0. The lowest BCUT2D eigenvalue weighted by Gasteiger charge is -2.33. The fourth-order valence-electron chi connectivity index (χ4n) is 10.4. The predicted octanol–water partition coefficient (Wildman–Crippen LogP) is 19.3. The van der Waals surface area contributed by atoms with Gasteiger partial charge in [0, 0.05) is 31.5 Å². The van der Waals surface area contributed by atoms with Crippen molar-refractivity contribution < 1.29 is 23.9 Å². The van der Waals surface area contributed by atoms with Crippen molar-refractivity contribution in [1.29, 1.82) is 0 Å². The highest BCUT2D eigenvalue weighted by Crippen LogP contribution is 2.24. The van der Waals surface area contributed by atoms with Crippen molar-refractivity contribution in [3.63, 3.8) is 0 Å². The molecule has 0 rings (SSSR count). The lowest BCUT2D eigenvalue weighted by Crippen LogP contribution is -2.41. The topological polar surface area (TPSA) is 76.1 Å². The second-order valence-electron chi connectivity index (χ2n) is 22.5. The highest BCUT2D eigenvalue weighted by atomic mass is 16.5. The van der Waals surface area contributed by atoms with Gasteiger partial charge in [-0.2, -0.15) is 0 Å². The molecule has 0 radical (unpaired) electrons. The van der Waals surface area contributed by atoms with Crippen molar-refractivity contribution in [3.8, 4) is 0 Å². The van der Waals surface area contributed by atoms with E-state index < -0.39 is 0 Å². The lowest BCUT2D eigenvalue weighted by molar-refractivity contribution is -0.145. The summed E-state index contributed by atoms with van der Waals surface area (Å²) in [5.41, 5.74) is 0. The smallest absolute Gasteiger partial charge is 0.330 e. The van der Waals surface area contributed by atoms with Gasteiger partial charge in [-0.25, -0.2) is 4.79 Å². The molecule has 0 aliphatic heterocycles. The lowest BCUT2D eigenvalue weighted by atomic mass is 9.95. The highest BCUT2D eigenvalue weighted by Gasteiger charge is 2.23. The van der Waals surface area contributed by atoms with E-state index in [9.17, 15) is 14.4 Å². The Labute approximate surface area is 443 Å². The molecule has 3 unspecified atom stereocenters. The summed E-state index contributed by atoms with van der Waals surface area (Å²) in [5, 5.41) is 0. The van der Waals surface area contributed by atoms with Gasteiger partial charge in [0.2, 0.25) is 5.91 Å². The van der Waals surface area contributed by atoms with E-state index in [0.717, 1.165) is 83.7 Å². The Kier molecular flexibility index (Phi) is 52.9. The maximum Gasteiger partial charge on any atom is 0.330 e. The SMILES string of the molecule is CCCCCCCCCCC(CCCCC=CC(=O)OCC(CCCCCC)CCCCCCCC)N(CCCCCCCC(=O)OCC(CCCCCC)CCCCCCCC)C(=O)CCCN(C)C. The molecule has 7 nitrogen and oxygen atoms in total. The zero-order valence-electron chi connectivity index (χ0n) is 49.0. The molecule has 0 bridgehead atoms. The molecule has 0 N–H and O–H groups in total. The maximum atomic E-state index is 14.1. The van der Waals surface area contributed by atoms with Gasteiger partial charge < -0.3 is 19.3 Å². The second-order valence-corrected chi connectivity index (χ2v) is 22.5. The Hall–Kier alpha value is -1.89. The molecular weight excluding hydrogens is 877 g/mol. The van der Waals surface area contributed by atoms with E-state index in [0.29, 0.717) is 43.8 Å². The molecule has 1 amide bonds. The highest BCUT2D eigenvalue weighted by molar-refractivity contribution is 5.81. The summed E-state index contributed by atoms with van der Waals surface area (Å²) in [4.78, 5) is 44.2. The molecule has 71 heavy (non-hydrogen) atoms. The van der Waals surface area contributed by atoms with Crippen LogP contribution in [0.3, 0.4) is 0 Å². The van der Waals surface area contributed by atoms with Crippen LogP contribution in [0.4, 0.5) is 0 Å². The van der Waals surface area contributed by atoms with Gasteiger partial charge in [0.15, 0.2) is 0 Å². The maximum absolute atomic E-state index is 14.1. The van der Waals surface area contributed by atoms with Crippen LogP contribution in [0, 0.1) is 11.8 Å². The molecule has 0 aliphatic carbocycles. The van der Waals surface area contributed by atoms with Gasteiger partial charge in [-0.15, -0.1) is 0 Å². The molecule has 0 saturated heterocycles. The van der Waals surface area contributed by atoms with E-state index in [1.807, 2.05) is 6.08 Å². The van der Waals surface area contributed by atoms with Crippen LogP contribution < -0.4 is 0 Å². The van der Waals surface area contributed by atoms with Gasteiger partial charge in [0.05, 0.1) is 13.2 Å². The quantitative estimate of drug-likeness (QED) is 0.0343. The van der Waals surface area contributed by atoms with Crippen LogP contribution in [0.15, 0.2) is 12.2 Å². The Bertz CT molecular complexity index is 1170. The summed E-state index contributed by atoms with van der Waals surface area (Å²) in [7, 11) is 4.18. The first-order valence-electron chi connectivity index (χ1n) is 31.6.